The quantitative estimate of drug-likeness (QED) is 0.688. The number of fused-ring (bicyclic) bond motifs is 1. The van der Waals surface area contributed by atoms with Crippen LogP contribution in [0.1, 0.15) is 24.4 Å². The molecule has 3 rings (SSSR count). The largest absolute Gasteiger partial charge is 0.451 e. The van der Waals surface area contributed by atoms with Gasteiger partial charge in [0.15, 0.2) is 0 Å². The minimum atomic E-state index is -4.64. The van der Waals surface area contributed by atoms with E-state index < -0.39 is 12.0 Å². The first-order chi connectivity index (χ1) is 11.3. The molecule has 24 heavy (non-hydrogen) atoms. The molecule has 0 fully saturated rings. The van der Waals surface area contributed by atoms with Crippen LogP contribution >= 0.6 is 0 Å². The number of para-hydroxylation sites is 1. The number of hydrogen-bond acceptors (Lipinski definition) is 3. The fraction of sp³-hybridized carbons (Fsp3) is 0.176. The number of rotatable bonds is 3. The Balaban J connectivity index is 2.02. The summed E-state index contributed by atoms with van der Waals surface area (Å²) in [7, 11) is 0. The molecule has 7 heteroatoms. The summed E-state index contributed by atoms with van der Waals surface area (Å²) in [5.41, 5.74) is 0.932. The maximum absolute atomic E-state index is 13.0. The van der Waals surface area contributed by atoms with E-state index in [1.54, 1.807) is 37.3 Å². The van der Waals surface area contributed by atoms with Gasteiger partial charge in [-0.15, -0.1) is 0 Å². The van der Waals surface area contributed by atoms with Crippen molar-refractivity contribution in [1.29, 1.82) is 0 Å². The van der Waals surface area contributed by atoms with Gasteiger partial charge in [0.2, 0.25) is 5.82 Å². The van der Waals surface area contributed by atoms with E-state index in [1.807, 2.05) is 0 Å². The van der Waals surface area contributed by atoms with Crippen LogP contribution in [-0.2, 0) is 6.18 Å². The van der Waals surface area contributed by atoms with Crippen LogP contribution in [0.25, 0.3) is 10.9 Å². The van der Waals surface area contributed by atoms with E-state index in [4.69, 9.17) is 0 Å². The molecule has 1 heterocycles. The first-order valence-corrected chi connectivity index (χ1v) is 7.20. The monoisotopic (exact) mass is 335 g/mol. The van der Waals surface area contributed by atoms with E-state index in [0.29, 0.717) is 5.39 Å². The zero-order valence-corrected chi connectivity index (χ0v) is 12.6. The predicted molar refractivity (Wildman–Crippen MR) is 83.0 cm³/mol. The van der Waals surface area contributed by atoms with Crippen LogP contribution in [0.3, 0.4) is 0 Å². The van der Waals surface area contributed by atoms with Crippen molar-refractivity contribution in [1.82, 2.24) is 9.97 Å². The fourth-order valence-electron chi connectivity index (χ4n) is 2.35. The van der Waals surface area contributed by atoms with Crippen LogP contribution in [0.4, 0.5) is 23.4 Å². The van der Waals surface area contributed by atoms with Crippen LogP contribution in [0.15, 0.2) is 48.5 Å². The van der Waals surface area contributed by atoms with Crippen molar-refractivity contribution in [2.24, 2.45) is 0 Å². The second-order valence-corrected chi connectivity index (χ2v) is 5.33. The minimum Gasteiger partial charge on any atom is -0.363 e. The second kappa shape index (κ2) is 6.07. The lowest BCUT2D eigenvalue weighted by atomic mass is 10.1. The zero-order chi connectivity index (χ0) is 17.3. The highest BCUT2D eigenvalue weighted by Gasteiger charge is 2.35. The first kappa shape index (κ1) is 16.2. The van der Waals surface area contributed by atoms with E-state index in [-0.39, 0.29) is 23.2 Å². The fourth-order valence-corrected chi connectivity index (χ4v) is 2.35. The molecule has 0 bridgehead atoms. The third-order valence-corrected chi connectivity index (χ3v) is 3.58. The van der Waals surface area contributed by atoms with Gasteiger partial charge in [-0.05, 0) is 36.8 Å². The summed E-state index contributed by atoms with van der Waals surface area (Å²) in [6.07, 6.45) is -4.64. The van der Waals surface area contributed by atoms with Crippen molar-refractivity contribution in [3.05, 3.63) is 65.7 Å². The molecule has 2 aromatic carbocycles. The Kier molecular flexibility index (Phi) is 4.09. The molecular weight excluding hydrogens is 322 g/mol. The smallest absolute Gasteiger partial charge is 0.363 e. The number of aromatic nitrogens is 2. The van der Waals surface area contributed by atoms with Gasteiger partial charge in [-0.3, -0.25) is 0 Å². The Labute approximate surface area is 135 Å². The summed E-state index contributed by atoms with van der Waals surface area (Å²) in [5, 5.41) is 3.45. The number of anilines is 1. The summed E-state index contributed by atoms with van der Waals surface area (Å²) in [6.45, 7) is 1.76. The molecule has 0 aliphatic heterocycles. The van der Waals surface area contributed by atoms with E-state index in [9.17, 15) is 17.6 Å². The third kappa shape index (κ3) is 3.29. The average molecular weight is 335 g/mol. The average Bonchev–Trinajstić information content (AvgIpc) is 2.54. The van der Waals surface area contributed by atoms with E-state index >= 15 is 0 Å². The molecule has 124 valence electrons. The molecule has 0 aliphatic carbocycles. The molecule has 3 aromatic rings. The lowest BCUT2D eigenvalue weighted by Crippen LogP contribution is -2.15. The van der Waals surface area contributed by atoms with Crippen LogP contribution in [0.5, 0.6) is 0 Å². The molecule has 3 nitrogen and oxygen atoms in total. The molecule has 1 aromatic heterocycles. The molecule has 1 atom stereocenters. The molecule has 0 spiro atoms. The lowest BCUT2D eigenvalue weighted by molar-refractivity contribution is -0.144. The van der Waals surface area contributed by atoms with Gasteiger partial charge in [-0.2, -0.15) is 13.2 Å². The van der Waals surface area contributed by atoms with Crippen LogP contribution in [-0.4, -0.2) is 9.97 Å². The molecule has 0 aliphatic rings. The molecule has 0 amide bonds. The van der Waals surface area contributed by atoms with Gasteiger partial charge >= 0.3 is 6.18 Å². The number of halogens is 4. The first-order valence-electron chi connectivity index (χ1n) is 7.20. The summed E-state index contributed by atoms with van der Waals surface area (Å²) < 4.78 is 52.0. The van der Waals surface area contributed by atoms with Gasteiger partial charge < -0.3 is 5.32 Å². The molecule has 1 unspecified atom stereocenters. The Hall–Kier alpha value is -2.70. The standard InChI is InChI=1S/C17H13F4N3/c1-10(11-6-8-12(18)9-7-11)22-15-13-4-2-3-5-14(13)23-16(24-15)17(19,20)21/h2-10H,1H3,(H,22,23,24). The SMILES string of the molecule is CC(Nc1nc(C(F)(F)F)nc2ccccc12)c1ccc(F)cc1. The highest BCUT2D eigenvalue weighted by Crippen LogP contribution is 2.31. The molecule has 0 radical (unpaired) electrons. The van der Waals surface area contributed by atoms with Crippen LogP contribution in [0, 0.1) is 5.82 Å². The molecular formula is C17H13F4N3. The summed E-state index contributed by atoms with van der Waals surface area (Å²) in [5.74, 6) is -1.49. The Morgan fingerprint density at radius 1 is 0.958 bits per heavy atom. The van der Waals surface area contributed by atoms with Crippen molar-refractivity contribution in [2.75, 3.05) is 5.32 Å². The van der Waals surface area contributed by atoms with Crippen molar-refractivity contribution >= 4 is 16.7 Å². The maximum Gasteiger partial charge on any atom is 0.451 e. The van der Waals surface area contributed by atoms with Gasteiger partial charge in [-0.1, -0.05) is 24.3 Å². The van der Waals surface area contributed by atoms with Gasteiger partial charge in [0.1, 0.15) is 11.6 Å². The van der Waals surface area contributed by atoms with Crippen molar-refractivity contribution in [3.63, 3.8) is 0 Å². The van der Waals surface area contributed by atoms with E-state index in [0.717, 1.165) is 5.56 Å². The Morgan fingerprint density at radius 3 is 2.29 bits per heavy atom. The highest BCUT2D eigenvalue weighted by atomic mass is 19.4. The van der Waals surface area contributed by atoms with E-state index in [2.05, 4.69) is 15.3 Å². The highest BCUT2D eigenvalue weighted by molar-refractivity contribution is 5.89. The maximum atomic E-state index is 13.0. The zero-order valence-electron chi connectivity index (χ0n) is 12.6. The van der Waals surface area contributed by atoms with Gasteiger partial charge in [0, 0.05) is 11.4 Å². The van der Waals surface area contributed by atoms with Crippen molar-refractivity contribution in [2.45, 2.75) is 19.1 Å². The van der Waals surface area contributed by atoms with Gasteiger partial charge in [0.25, 0.3) is 0 Å². The summed E-state index contributed by atoms with van der Waals surface area (Å²) in [6, 6.07) is 11.8. The predicted octanol–water partition coefficient (Wildman–Crippen LogP) is 4.96. The molecule has 0 saturated carbocycles. The van der Waals surface area contributed by atoms with Gasteiger partial charge in [0.05, 0.1) is 5.52 Å². The minimum absolute atomic E-state index is 0.0877. The lowest BCUT2D eigenvalue weighted by Gasteiger charge is -2.17. The topological polar surface area (TPSA) is 37.8 Å². The van der Waals surface area contributed by atoms with Crippen molar-refractivity contribution < 1.29 is 17.6 Å². The second-order valence-electron chi connectivity index (χ2n) is 5.33. The summed E-state index contributed by atoms with van der Waals surface area (Å²) in [4.78, 5) is 7.21. The Bertz CT molecular complexity index is 860. The summed E-state index contributed by atoms with van der Waals surface area (Å²) >= 11 is 0. The third-order valence-electron chi connectivity index (χ3n) is 3.58. The molecule has 0 saturated heterocycles. The van der Waals surface area contributed by atoms with Gasteiger partial charge in [-0.25, -0.2) is 14.4 Å². The molecule has 1 N–H and O–H groups in total. The Morgan fingerprint density at radius 2 is 1.62 bits per heavy atom. The number of nitrogens with zero attached hydrogens (tertiary/aromatic N) is 2. The van der Waals surface area contributed by atoms with Crippen LogP contribution < -0.4 is 5.32 Å². The number of benzene rings is 2. The number of alkyl halides is 3. The normalized spacial score (nSPS) is 13.0. The number of nitrogens with one attached hydrogen (secondary N) is 1. The van der Waals surface area contributed by atoms with Crippen LogP contribution in [0.2, 0.25) is 0 Å². The van der Waals surface area contributed by atoms with Crippen molar-refractivity contribution in [3.8, 4) is 0 Å². The van der Waals surface area contributed by atoms with E-state index in [1.165, 1.54) is 18.2 Å². The number of hydrogen-bond donors (Lipinski definition) is 1.